The fourth-order valence-corrected chi connectivity index (χ4v) is 2.97. The highest BCUT2D eigenvalue weighted by atomic mass is 32.1. The SMILES string of the molecule is CN1C(=O)CN=C(c2ccccc2)c2sccc21. The van der Waals surface area contributed by atoms with Crippen molar-refractivity contribution < 1.29 is 4.79 Å². The fourth-order valence-electron chi connectivity index (χ4n) is 2.02. The van der Waals surface area contributed by atoms with Gasteiger partial charge < -0.3 is 4.90 Å². The van der Waals surface area contributed by atoms with Gasteiger partial charge in [-0.3, -0.25) is 9.79 Å². The summed E-state index contributed by atoms with van der Waals surface area (Å²) < 4.78 is 0. The van der Waals surface area contributed by atoms with Gasteiger partial charge in [0.25, 0.3) is 0 Å². The number of hydrogen-bond donors (Lipinski definition) is 0. The van der Waals surface area contributed by atoms with Crippen LogP contribution in [0.3, 0.4) is 0 Å². The van der Waals surface area contributed by atoms with Crippen LogP contribution in [0.2, 0.25) is 0 Å². The lowest BCUT2D eigenvalue weighted by Crippen LogP contribution is -2.27. The van der Waals surface area contributed by atoms with Crippen molar-refractivity contribution in [2.24, 2.45) is 4.99 Å². The highest BCUT2D eigenvalue weighted by Gasteiger charge is 2.23. The van der Waals surface area contributed by atoms with Crippen LogP contribution in [-0.2, 0) is 4.79 Å². The lowest BCUT2D eigenvalue weighted by atomic mass is 10.1. The quantitative estimate of drug-likeness (QED) is 0.771. The Morgan fingerprint density at radius 2 is 2.00 bits per heavy atom. The number of hydrogen-bond acceptors (Lipinski definition) is 3. The molecule has 1 aromatic carbocycles. The van der Waals surface area contributed by atoms with Gasteiger partial charge in [0.15, 0.2) is 0 Å². The highest BCUT2D eigenvalue weighted by molar-refractivity contribution is 7.13. The molecular weight excluding hydrogens is 244 g/mol. The molecule has 0 spiro atoms. The maximum Gasteiger partial charge on any atom is 0.248 e. The number of nitrogens with zero attached hydrogens (tertiary/aromatic N) is 2. The summed E-state index contributed by atoms with van der Waals surface area (Å²) in [4.78, 5) is 19.1. The summed E-state index contributed by atoms with van der Waals surface area (Å²) in [7, 11) is 1.80. The number of aliphatic imine (C=N–C) groups is 1. The van der Waals surface area contributed by atoms with Gasteiger partial charge in [0.05, 0.1) is 16.3 Å². The summed E-state index contributed by atoms with van der Waals surface area (Å²) in [6, 6.07) is 12.0. The molecule has 0 aliphatic carbocycles. The van der Waals surface area contributed by atoms with Crippen LogP contribution < -0.4 is 4.90 Å². The molecule has 0 fully saturated rings. The van der Waals surface area contributed by atoms with E-state index < -0.39 is 0 Å². The van der Waals surface area contributed by atoms with Gasteiger partial charge in [-0.25, -0.2) is 0 Å². The van der Waals surface area contributed by atoms with Gasteiger partial charge in [-0.1, -0.05) is 30.3 Å². The van der Waals surface area contributed by atoms with Gasteiger partial charge in [-0.15, -0.1) is 11.3 Å². The van der Waals surface area contributed by atoms with E-state index in [1.807, 2.05) is 41.8 Å². The van der Waals surface area contributed by atoms with Crippen LogP contribution >= 0.6 is 11.3 Å². The molecule has 0 bridgehead atoms. The van der Waals surface area contributed by atoms with Crippen molar-refractivity contribution in [1.82, 2.24) is 0 Å². The number of rotatable bonds is 1. The van der Waals surface area contributed by atoms with Crippen LogP contribution in [0.1, 0.15) is 10.4 Å². The number of amides is 1. The topological polar surface area (TPSA) is 32.7 Å². The maximum atomic E-state index is 11.9. The Morgan fingerprint density at radius 1 is 1.22 bits per heavy atom. The van der Waals surface area contributed by atoms with Crippen LogP contribution in [0.15, 0.2) is 46.8 Å². The van der Waals surface area contributed by atoms with Crippen LogP contribution in [0.25, 0.3) is 0 Å². The number of fused-ring (bicyclic) bond motifs is 1. The van der Waals surface area contributed by atoms with Crippen molar-refractivity contribution in [1.29, 1.82) is 0 Å². The zero-order chi connectivity index (χ0) is 12.5. The number of anilines is 1. The molecule has 0 radical (unpaired) electrons. The minimum absolute atomic E-state index is 0.0283. The molecule has 1 amide bonds. The first kappa shape index (κ1) is 11.2. The van der Waals surface area contributed by atoms with Crippen molar-refractivity contribution in [3.63, 3.8) is 0 Å². The smallest absolute Gasteiger partial charge is 0.248 e. The summed E-state index contributed by atoms with van der Waals surface area (Å²) in [5.74, 6) is 0.0283. The summed E-state index contributed by atoms with van der Waals surface area (Å²) in [5.41, 5.74) is 2.92. The van der Waals surface area contributed by atoms with E-state index in [-0.39, 0.29) is 12.5 Å². The number of likely N-dealkylation sites (N-methyl/N-ethyl adjacent to an activating group) is 1. The van der Waals surface area contributed by atoms with Crippen LogP contribution in [0.5, 0.6) is 0 Å². The Labute approximate surface area is 109 Å². The van der Waals surface area contributed by atoms with Crippen molar-refractivity contribution in [3.05, 3.63) is 52.2 Å². The normalized spacial score (nSPS) is 15.1. The number of carbonyl (C=O) groups excluding carboxylic acids is 1. The zero-order valence-electron chi connectivity index (χ0n) is 9.96. The van der Waals surface area contributed by atoms with E-state index in [1.165, 1.54) is 0 Å². The standard InChI is InChI=1S/C14H12N2OS/c1-16-11-7-8-18-14(11)13(15-9-12(16)17)10-5-3-2-4-6-10/h2-8H,9H2,1H3. The Kier molecular flexibility index (Phi) is 2.72. The summed E-state index contributed by atoms with van der Waals surface area (Å²) in [6.07, 6.45) is 0. The molecule has 1 aromatic heterocycles. The molecule has 0 N–H and O–H groups in total. The molecule has 1 aliphatic heterocycles. The van der Waals surface area contributed by atoms with E-state index in [0.29, 0.717) is 0 Å². The van der Waals surface area contributed by atoms with Crippen LogP contribution in [-0.4, -0.2) is 25.2 Å². The van der Waals surface area contributed by atoms with Crippen molar-refractivity contribution in [2.45, 2.75) is 0 Å². The van der Waals surface area contributed by atoms with Crippen LogP contribution in [0, 0.1) is 0 Å². The van der Waals surface area contributed by atoms with Gasteiger partial charge in [0.1, 0.15) is 6.54 Å². The van der Waals surface area contributed by atoms with E-state index in [0.717, 1.165) is 21.8 Å². The third-order valence-electron chi connectivity index (χ3n) is 3.01. The van der Waals surface area contributed by atoms with Crippen molar-refractivity contribution in [2.75, 3.05) is 18.5 Å². The third kappa shape index (κ3) is 1.75. The molecule has 90 valence electrons. The van der Waals surface area contributed by atoms with E-state index >= 15 is 0 Å². The predicted molar refractivity (Wildman–Crippen MR) is 74.7 cm³/mol. The molecule has 1 aliphatic rings. The van der Waals surface area contributed by atoms with Crippen molar-refractivity contribution >= 4 is 28.6 Å². The van der Waals surface area contributed by atoms with Gasteiger partial charge in [0, 0.05) is 12.6 Å². The molecule has 0 unspecified atom stereocenters. The second-order valence-electron chi connectivity index (χ2n) is 4.12. The van der Waals surface area contributed by atoms with Gasteiger partial charge >= 0.3 is 0 Å². The third-order valence-corrected chi connectivity index (χ3v) is 3.92. The lowest BCUT2D eigenvalue weighted by Gasteiger charge is -2.13. The second-order valence-corrected chi connectivity index (χ2v) is 5.03. The minimum Gasteiger partial charge on any atom is -0.312 e. The predicted octanol–water partition coefficient (Wildman–Crippen LogP) is 2.56. The Bertz CT molecular complexity index is 616. The van der Waals surface area contributed by atoms with Gasteiger partial charge in [0.2, 0.25) is 5.91 Å². The minimum atomic E-state index is 0.0283. The van der Waals surface area contributed by atoms with E-state index in [2.05, 4.69) is 4.99 Å². The summed E-state index contributed by atoms with van der Waals surface area (Å²) in [5, 5.41) is 2.00. The number of benzene rings is 1. The monoisotopic (exact) mass is 256 g/mol. The Balaban J connectivity index is 2.17. The average Bonchev–Trinajstić information content (AvgIpc) is 2.84. The van der Waals surface area contributed by atoms with E-state index in [4.69, 9.17) is 0 Å². The van der Waals surface area contributed by atoms with Crippen LogP contribution in [0.4, 0.5) is 5.69 Å². The molecule has 0 saturated heterocycles. The Morgan fingerprint density at radius 3 is 2.78 bits per heavy atom. The Hall–Kier alpha value is -1.94. The first-order valence-electron chi connectivity index (χ1n) is 5.71. The van der Waals surface area contributed by atoms with Gasteiger partial charge in [-0.2, -0.15) is 0 Å². The molecule has 2 aromatic rings. The molecule has 0 atom stereocenters. The maximum absolute atomic E-state index is 11.9. The molecule has 4 heteroatoms. The first-order valence-corrected chi connectivity index (χ1v) is 6.59. The summed E-state index contributed by atoms with van der Waals surface area (Å²) >= 11 is 1.62. The molecule has 3 rings (SSSR count). The van der Waals surface area contributed by atoms with Gasteiger partial charge in [-0.05, 0) is 11.4 Å². The lowest BCUT2D eigenvalue weighted by molar-refractivity contribution is -0.116. The molecule has 3 nitrogen and oxygen atoms in total. The average molecular weight is 256 g/mol. The zero-order valence-corrected chi connectivity index (χ0v) is 10.8. The second kappa shape index (κ2) is 4.38. The molecule has 2 heterocycles. The fraction of sp³-hybridized carbons (Fsp3) is 0.143. The number of carbonyl (C=O) groups is 1. The molecule has 0 saturated carbocycles. The number of thiophene rings is 1. The van der Waals surface area contributed by atoms with Crippen molar-refractivity contribution in [3.8, 4) is 0 Å². The first-order chi connectivity index (χ1) is 8.77. The molecule has 18 heavy (non-hydrogen) atoms. The summed E-state index contributed by atoms with van der Waals surface area (Å²) in [6.45, 7) is 0.210. The highest BCUT2D eigenvalue weighted by Crippen LogP contribution is 2.30. The molecular formula is C14H12N2OS. The van der Waals surface area contributed by atoms with E-state index in [1.54, 1.807) is 23.3 Å². The largest absolute Gasteiger partial charge is 0.312 e. The van der Waals surface area contributed by atoms with E-state index in [9.17, 15) is 4.79 Å².